The first-order valence-corrected chi connectivity index (χ1v) is 13.7. The molecule has 1 saturated heterocycles. The van der Waals surface area contributed by atoms with E-state index in [2.05, 4.69) is 24.0 Å². The van der Waals surface area contributed by atoms with Crippen LogP contribution in [-0.2, 0) is 11.2 Å². The van der Waals surface area contributed by atoms with Crippen molar-refractivity contribution in [3.63, 3.8) is 0 Å². The van der Waals surface area contributed by atoms with Gasteiger partial charge >= 0.3 is 12.0 Å². The summed E-state index contributed by atoms with van der Waals surface area (Å²) in [5.41, 5.74) is 1.69. The van der Waals surface area contributed by atoms with Gasteiger partial charge in [0.05, 0.1) is 12.2 Å². The van der Waals surface area contributed by atoms with Gasteiger partial charge in [0.25, 0.3) is 5.19 Å². The standard InChI is InChI=1S/C26H38N4O4S/c1-4-6-8-10-12-20-13-15-21(16-14-20)23(31)34-22-17-18-29(3)26(32)30(22)24-27-28-25(35-24)33-19-11-9-7-5-2/h13-16,22H,4-12,17-19H2,1-3H3. The highest BCUT2D eigenvalue weighted by Crippen LogP contribution is 2.31. The van der Waals surface area contributed by atoms with Crippen LogP contribution < -0.4 is 9.64 Å². The summed E-state index contributed by atoms with van der Waals surface area (Å²) < 4.78 is 11.5. The number of ether oxygens (including phenoxy) is 2. The van der Waals surface area contributed by atoms with Crippen LogP contribution in [-0.4, -0.2) is 53.5 Å². The molecule has 2 amide bonds. The van der Waals surface area contributed by atoms with Crippen molar-refractivity contribution < 1.29 is 19.1 Å². The van der Waals surface area contributed by atoms with Crippen molar-refractivity contribution in [3.8, 4) is 5.19 Å². The van der Waals surface area contributed by atoms with E-state index < -0.39 is 12.2 Å². The molecule has 1 atom stereocenters. The van der Waals surface area contributed by atoms with E-state index >= 15 is 0 Å². The molecule has 0 aliphatic carbocycles. The molecule has 192 valence electrons. The number of esters is 1. The Bertz CT molecular complexity index is 934. The van der Waals surface area contributed by atoms with Gasteiger partial charge in [-0.25, -0.2) is 14.5 Å². The molecule has 0 N–H and O–H groups in total. The number of carbonyl (C=O) groups excluding carboxylic acids is 2. The lowest BCUT2D eigenvalue weighted by molar-refractivity contribution is 0.0229. The van der Waals surface area contributed by atoms with Crippen LogP contribution in [0.3, 0.4) is 0 Å². The fourth-order valence-electron chi connectivity index (χ4n) is 3.95. The van der Waals surface area contributed by atoms with Gasteiger partial charge in [0.15, 0.2) is 6.23 Å². The van der Waals surface area contributed by atoms with Crippen LogP contribution in [0.25, 0.3) is 0 Å². The highest BCUT2D eigenvalue weighted by Gasteiger charge is 2.37. The van der Waals surface area contributed by atoms with Gasteiger partial charge in [-0.3, -0.25) is 0 Å². The number of aryl methyl sites for hydroxylation is 1. The molecule has 1 aromatic carbocycles. The summed E-state index contributed by atoms with van der Waals surface area (Å²) >= 11 is 1.19. The van der Waals surface area contributed by atoms with E-state index in [0.29, 0.717) is 35.5 Å². The summed E-state index contributed by atoms with van der Waals surface area (Å²) in [6.07, 6.45) is 9.97. The average Bonchev–Trinajstić information content (AvgIpc) is 3.33. The zero-order valence-electron chi connectivity index (χ0n) is 21.2. The third kappa shape index (κ3) is 7.92. The fraction of sp³-hybridized carbons (Fsp3) is 0.615. The topological polar surface area (TPSA) is 84.9 Å². The van der Waals surface area contributed by atoms with E-state index in [-0.39, 0.29) is 6.03 Å². The molecular weight excluding hydrogens is 464 g/mol. The lowest BCUT2D eigenvalue weighted by Gasteiger charge is -2.37. The predicted octanol–water partition coefficient (Wildman–Crippen LogP) is 6.07. The zero-order chi connectivity index (χ0) is 25.0. The Labute approximate surface area is 212 Å². The Hall–Kier alpha value is -2.68. The number of unbranched alkanes of at least 4 members (excludes halogenated alkanes) is 6. The summed E-state index contributed by atoms with van der Waals surface area (Å²) in [5, 5.41) is 9.01. The van der Waals surface area contributed by atoms with Crippen LogP contribution in [0.15, 0.2) is 24.3 Å². The van der Waals surface area contributed by atoms with E-state index in [1.165, 1.54) is 47.5 Å². The second-order valence-electron chi connectivity index (χ2n) is 8.99. The maximum Gasteiger partial charge on any atom is 0.340 e. The van der Waals surface area contributed by atoms with Crippen LogP contribution in [0.4, 0.5) is 9.93 Å². The normalized spacial score (nSPS) is 16.0. The molecule has 0 bridgehead atoms. The van der Waals surface area contributed by atoms with Crippen molar-refractivity contribution in [1.29, 1.82) is 0 Å². The number of aromatic nitrogens is 2. The van der Waals surface area contributed by atoms with Crippen molar-refractivity contribution in [2.24, 2.45) is 0 Å². The minimum atomic E-state index is -0.745. The summed E-state index contributed by atoms with van der Waals surface area (Å²) in [6, 6.07) is 7.29. The monoisotopic (exact) mass is 502 g/mol. The first kappa shape index (κ1) is 26.9. The molecule has 2 aromatic rings. The molecule has 8 nitrogen and oxygen atoms in total. The second-order valence-corrected chi connectivity index (χ2v) is 9.91. The quantitative estimate of drug-likeness (QED) is 0.230. The molecule has 1 unspecified atom stereocenters. The van der Waals surface area contributed by atoms with Gasteiger partial charge in [-0.05, 0) is 48.3 Å². The summed E-state index contributed by atoms with van der Waals surface area (Å²) in [6.45, 7) is 5.42. The van der Waals surface area contributed by atoms with Crippen molar-refractivity contribution in [2.75, 3.05) is 25.1 Å². The van der Waals surface area contributed by atoms with Gasteiger partial charge in [-0.2, -0.15) is 0 Å². The lowest BCUT2D eigenvalue weighted by atomic mass is 10.0. The van der Waals surface area contributed by atoms with Crippen LogP contribution >= 0.6 is 11.3 Å². The average molecular weight is 503 g/mol. The van der Waals surface area contributed by atoms with Gasteiger partial charge in [0.1, 0.15) is 0 Å². The summed E-state index contributed by atoms with van der Waals surface area (Å²) in [7, 11) is 1.72. The molecule has 0 spiro atoms. The number of amides is 2. The van der Waals surface area contributed by atoms with Crippen LogP contribution in [0.2, 0.25) is 0 Å². The third-order valence-electron chi connectivity index (χ3n) is 6.11. The molecule has 0 saturated carbocycles. The zero-order valence-corrected chi connectivity index (χ0v) is 22.0. The molecule has 1 aliphatic heterocycles. The fourth-order valence-corrected chi connectivity index (χ4v) is 4.71. The number of nitrogens with zero attached hydrogens (tertiary/aromatic N) is 4. The van der Waals surface area contributed by atoms with Crippen LogP contribution in [0, 0.1) is 0 Å². The van der Waals surface area contributed by atoms with E-state index in [1.54, 1.807) is 24.1 Å². The molecule has 1 aromatic heterocycles. The minimum Gasteiger partial charge on any atom is -0.469 e. The van der Waals surface area contributed by atoms with Crippen molar-refractivity contribution in [3.05, 3.63) is 35.4 Å². The largest absolute Gasteiger partial charge is 0.469 e. The Balaban J connectivity index is 1.61. The van der Waals surface area contributed by atoms with Crippen molar-refractivity contribution in [1.82, 2.24) is 15.1 Å². The van der Waals surface area contributed by atoms with Gasteiger partial charge in [-0.15, -0.1) is 5.10 Å². The van der Waals surface area contributed by atoms with E-state index in [0.717, 1.165) is 32.1 Å². The molecule has 0 radical (unpaired) electrons. The van der Waals surface area contributed by atoms with Gasteiger partial charge in [-0.1, -0.05) is 69.6 Å². The maximum atomic E-state index is 12.9. The van der Waals surface area contributed by atoms with E-state index in [9.17, 15) is 9.59 Å². The van der Waals surface area contributed by atoms with Crippen molar-refractivity contribution in [2.45, 2.75) is 84.3 Å². The Morgan fingerprint density at radius 3 is 2.46 bits per heavy atom. The number of urea groups is 1. The van der Waals surface area contributed by atoms with Gasteiger partial charge in [0.2, 0.25) is 5.13 Å². The lowest BCUT2D eigenvalue weighted by Crippen LogP contribution is -2.54. The maximum absolute atomic E-state index is 12.9. The molecular formula is C26H38N4O4S. The highest BCUT2D eigenvalue weighted by atomic mass is 32.1. The molecule has 3 rings (SSSR count). The highest BCUT2D eigenvalue weighted by molar-refractivity contribution is 7.17. The SMILES string of the molecule is CCCCCCOc1nnc(N2C(=O)N(C)CCC2OC(=O)c2ccc(CCCCCC)cc2)s1. The number of carbonyl (C=O) groups is 2. The number of benzene rings is 1. The Kier molecular flexibility index (Phi) is 10.8. The second kappa shape index (κ2) is 14.0. The van der Waals surface area contributed by atoms with Gasteiger partial charge < -0.3 is 14.4 Å². The van der Waals surface area contributed by atoms with Crippen LogP contribution in [0.5, 0.6) is 5.19 Å². The number of anilines is 1. The number of rotatable bonds is 14. The first-order chi connectivity index (χ1) is 17.0. The molecule has 1 fully saturated rings. The molecule has 9 heteroatoms. The predicted molar refractivity (Wildman–Crippen MR) is 138 cm³/mol. The number of hydrogen-bond donors (Lipinski definition) is 0. The number of hydrogen-bond acceptors (Lipinski definition) is 7. The van der Waals surface area contributed by atoms with E-state index in [4.69, 9.17) is 9.47 Å². The first-order valence-electron chi connectivity index (χ1n) is 12.8. The Morgan fingerprint density at radius 1 is 1.03 bits per heavy atom. The summed E-state index contributed by atoms with van der Waals surface area (Å²) in [4.78, 5) is 28.8. The van der Waals surface area contributed by atoms with Crippen molar-refractivity contribution >= 4 is 28.5 Å². The molecule has 35 heavy (non-hydrogen) atoms. The Morgan fingerprint density at radius 2 is 1.74 bits per heavy atom. The van der Waals surface area contributed by atoms with E-state index in [1.807, 2.05) is 12.1 Å². The summed E-state index contributed by atoms with van der Waals surface area (Å²) in [5.74, 6) is -0.452. The molecule has 1 aliphatic rings. The van der Waals surface area contributed by atoms with Crippen LogP contribution in [0.1, 0.15) is 87.6 Å². The smallest absolute Gasteiger partial charge is 0.340 e. The minimum absolute atomic E-state index is 0.276. The third-order valence-corrected chi connectivity index (χ3v) is 6.94. The van der Waals surface area contributed by atoms with Gasteiger partial charge in [0, 0.05) is 20.0 Å². The molecule has 2 heterocycles.